The van der Waals surface area contributed by atoms with Gasteiger partial charge in [0, 0.05) is 7.11 Å². The Kier molecular flexibility index (Phi) is 3.73. The first-order valence-corrected chi connectivity index (χ1v) is 4.09. The zero-order chi connectivity index (χ0) is 9.68. The Balaban J connectivity index is 2.76. The van der Waals surface area contributed by atoms with Crippen LogP contribution < -0.4 is 4.74 Å². The van der Waals surface area contributed by atoms with E-state index in [9.17, 15) is 0 Å². The van der Waals surface area contributed by atoms with E-state index in [4.69, 9.17) is 14.6 Å². The largest absolute Gasteiger partial charge is 0.468 e. The third-order valence-electron chi connectivity index (χ3n) is 1.64. The SMILES string of the molecule is COCOc1cc(C)cc(CO)c1. The number of rotatable bonds is 4. The molecule has 0 unspecified atom stereocenters. The average Bonchev–Trinajstić information content (AvgIpc) is 2.14. The summed E-state index contributed by atoms with van der Waals surface area (Å²) in [6, 6.07) is 5.61. The molecule has 0 fully saturated rings. The van der Waals surface area contributed by atoms with Gasteiger partial charge < -0.3 is 14.6 Å². The predicted molar refractivity (Wildman–Crippen MR) is 49.6 cm³/mol. The van der Waals surface area contributed by atoms with Crippen molar-refractivity contribution in [2.24, 2.45) is 0 Å². The molecule has 0 amide bonds. The van der Waals surface area contributed by atoms with E-state index in [0.29, 0.717) is 0 Å². The lowest BCUT2D eigenvalue weighted by atomic mass is 10.1. The average molecular weight is 182 g/mol. The number of aliphatic hydroxyl groups excluding tert-OH is 1. The number of ether oxygens (including phenoxy) is 2. The zero-order valence-corrected chi connectivity index (χ0v) is 7.91. The van der Waals surface area contributed by atoms with Crippen LogP contribution in [0.1, 0.15) is 11.1 Å². The molecule has 1 aromatic rings. The van der Waals surface area contributed by atoms with Crippen LogP contribution in [-0.4, -0.2) is 19.0 Å². The molecular formula is C10H14O3. The summed E-state index contributed by atoms with van der Waals surface area (Å²) >= 11 is 0. The van der Waals surface area contributed by atoms with Gasteiger partial charge in [-0.2, -0.15) is 0 Å². The van der Waals surface area contributed by atoms with Gasteiger partial charge in [0.15, 0.2) is 6.79 Å². The highest BCUT2D eigenvalue weighted by Gasteiger charge is 1.98. The van der Waals surface area contributed by atoms with Crippen molar-refractivity contribution in [3.8, 4) is 5.75 Å². The summed E-state index contributed by atoms with van der Waals surface area (Å²) in [6.07, 6.45) is 0. The van der Waals surface area contributed by atoms with E-state index in [1.54, 1.807) is 13.2 Å². The molecule has 0 aliphatic heterocycles. The standard InChI is InChI=1S/C10H14O3/c1-8-3-9(6-11)5-10(4-8)13-7-12-2/h3-5,11H,6-7H2,1-2H3. The predicted octanol–water partition coefficient (Wildman–Crippen LogP) is 1.47. The van der Waals surface area contributed by atoms with E-state index in [1.807, 2.05) is 19.1 Å². The maximum Gasteiger partial charge on any atom is 0.188 e. The molecule has 3 nitrogen and oxygen atoms in total. The van der Waals surface area contributed by atoms with E-state index < -0.39 is 0 Å². The van der Waals surface area contributed by atoms with Crippen molar-refractivity contribution in [1.82, 2.24) is 0 Å². The minimum atomic E-state index is 0.0328. The summed E-state index contributed by atoms with van der Waals surface area (Å²) in [5.74, 6) is 0.728. The van der Waals surface area contributed by atoms with Crippen LogP contribution >= 0.6 is 0 Å². The summed E-state index contributed by atoms with van der Waals surface area (Å²) in [7, 11) is 1.57. The fourth-order valence-electron chi connectivity index (χ4n) is 1.13. The van der Waals surface area contributed by atoms with Gasteiger partial charge >= 0.3 is 0 Å². The molecule has 0 radical (unpaired) electrons. The number of hydrogen-bond donors (Lipinski definition) is 1. The first-order chi connectivity index (χ1) is 6.26. The van der Waals surface area contributed by atoms with Crippen molar-refractivity contribution in [3.63, 3.8) is 0 Å². The lowest BCUT2D eigenvalue weighted by molar-refractivity contribution is 0.0509. The zero-order valence-electron chi connectivity index (χ0n) is 7.91. The fraction of sp³-hybridized carbons (Fsp3) is 0.400. The van der Waals surface area contributed by atoms with Gasteiger partial charge in [-0.1, -0.05) is 6.07 Å². The van der Waals surface area contributed by atoms with Crippen molar-refractivity contribution >= 4 is 0 Å². The van der Waals surface area contributed by atoms with Gasteiger partial charge in [0.1, 0.15) is 5.75 Å². The molecule has 0 saturated heterocycles. The van der Waals surface area contributed by atoms with Crippen molar-refractivity contribution in [3.05, 3.63) is 29.3 Å². The number of methoxy groups -OCH3 is 1. The first-order valence-electron chi connectivity index (χ1n) is 4.09. The molecular weight excluding hydrogens is 168 g/mol. The van der Waals surface area contributed by atoms with Crippen molar-refractivity contribution in [2.75, 3.05) is 13.9 Å². The first kappa shape index (κ1) is 10.0. The molecule has 0 aliphatic carbocycles. The normalized spacial score (nSPS) is 10.1. The number of aryl methyl sites for hydroxylation is 1. The topological polar surface area (TPSA) is 38.7 Å². The highest BCUT2D eigenvalue weighted by atomic mass is 16.7. The van der Waals surface area contributed by atoms with Gasteiger partial charge in [-0.25, -0.2) is 0 Å². The Hall–Kier alpha value is -1.06. The molecule has 0 saturated carbocycles. The molecule has 0 atom stereocenters. The van der Waals surface area contributed by atoms with Crippen LogP contribution in [-0.2, 0) is 11.3 Å². The van der Waals surface area contributed by atoms with Crippen LogP contribution in [0, 0.1) is 6.92 Å². The molecule has 1 aromatic carbocycles. The lowest BCUT2D eigenvalue weighted by Crippen LogP contribution is -1.99. The number of aliphatic hydroxyl groups is 1. The van der Waals surface area contributed by atoms with E-state index in [1.165, 1.54) is 0 Å². The van der Waals surface area contributed by atoms with Gasteiger partial charge in [-0.3, -0.25) is 0 Å². The Bertz CT molecular complexity index is 271. The Morgan fingerprint density at radius 1 is 1.31 bits per heavy atom. The second kappa shape index (κ2) is 4.84. The van der Waals surface area contributed by atoms with Crippen LogP contribution in [0.15, 0.2) is 18.2 Å². The third kappa shape index (κ3) is 3.05. The molecule has 72 valence electrons. The minimum absolute atomic E-state index is 0.0328. The Labute approximate surface area is 77.9 Å². The summed E-state index contributed by atoms with van der Waals surface area (Å²) in [5, 5.41) is 8.93. The van der Waals surface area contributed by atoms with Crippen molar-refractivity contribution < 1.29 is 14.6 Å². The van der Waals surface area contributed by atoms with Crippen molar-refractivity contribution in [2.45, 2.75) is 13.5 Å². The van der Waals surface area contributed by atoms with Crippen LogP contribution in [0.5, 0.6) is 5.75 Å². The maximum absolute atomic E-state index is 8.93. The van der Waals surface area contributed by atoms with E-state index in [0.717, 1.165) is 16.9 Å². The summed E-state index contributed by atoms with van der Waals surface area (Å²) in [4.78, 5) is 0. The van der Waals surface area contributed by atoms with Gasteiger partial charge in [-0.15, -0.1) is 0 Å². The molecule has 0 aromatic heterocycles. The summed E-state index contributed by atoms with van der Waals surface area (Å²) in [6.45, 7) is 2.22. The highest BCUT2D eigenvalue weighted by Crippen LogP contribution is 2.16. The van der Waals surface area contributed by atoms with Crippen LogP contribution in [0.25, 0.3) is 0 Å². The summed E-state index contributed by atoms with van der Waals surface area (Å²) < 4.78 is 10.0. The van der Waals surface area contributed by atoms with Crippen LogP contribution in [0.3, 0.4) is 0 Å². The lowest BCUT2D eigenvalue weighted by Gasteiger charge is -2.07. The fourth-order valence-corrected chi connectivity index (χ4v) is 1.13. The molecule has 3 heteroatoms. The number of hydrogen-bond acceptors (Lipinski definition) is 3. The Morgan fingerprint density at radius 2 is 2.08 bits per heavy atom. The second-order valence-electron chi connectivity index (χ2n) is 2.86. The molecule has 1 rings (SSSR count). The molecule has 0 aliphatic rings. The van der Waals surface area contributed by atoms with E-state index in [2.05, 4.69) is 0 Å². The molecule has 1 N–H and O–H groups in total. The van der Waals surface area contributed by atoms with Crippen LogP contribution in [0.4, 0.5) is 0 Å². The van der Waals surface area contributed by atoms with Gasteiger partial charge in [0.25, 0.3) is 0 Å². The van der Waals surface area contributed by atoms with Gasteiger partial charge in [0.2, 0.25) is 0 Å². The quantitative estimate of drug-likeness (QED) is 0.716. The number of benzene rings is 1. The van der Waals surface area contributed by atoms with Gasteiger partial charge in [-0.05, 0) is 30.2 Å². The molecule has 0 bridgehead atoms. The minimum Gasteiger partial charge on any atom is -0.468 e. The van der Waals surface area contributed by atoms with Crippen LogP contribution in [0.2, 0.25) is 0 Å². The monoisotopic (exact) mass is 182 g/mol. The summed E-state index contributed by atoms with van der Waals surface area (Å²) in [5.41, 5.74) is 1.92. The second-order valence-corrected chi connectivity index (χ2v) is 2.86. The molecule has 0 heterocycles. The van der Waals surface area contributed by atoms with E-state index >= 15 is 0 Å². The smallest absolute Gasteiger partial charge is 0.188 e. The Morgan fingerprint density at radius 3 is 2.69 bits per heavy atom. The third-order valence-corrected chi connectivity index (χ3v) is 1.64. The maximum atomic E-state index is 8.93. The molecule has 0 spiro atoms. The highest BCUT2D eigenvalue weighted by molar-refractivity contribution is 5.33. The van der Waals surface area contributed by atoms with E-state index in [-0.39, 0.29) is 13.4 Å². The van der Waals surface area contributed by atoms with Gasteiger partial charge in [0.05, 0.1) is 6.61 Å². The van der Waals surface area contributed by atoms with Crippen molar-refractivity contribution in [1.29, 1.82) is 0 Å². The molecule has 13 heavy (non-hydrogen) atoms.